The molecule has 0 radical (unpaired) electrons. The van der Waals surface area contributed by atoms with E-state index in [2.05, 4.69) is 222 Å². The van der Waals surface area contributed by atoms with Gasteiger partial charge < -0.3 is 18.9 Å². The number of nitrogens with zero attached hydrogens (tertiary/aromatic N) is 4. The third kappa shape index (κ3) is 4.72. The Labute approximate surface area is 322 Å². The zero-order valence-corrected chi connectivity index (χ0v) is 31.2. The normalized spacial score (nSPS) is 12.6. The molecular formula is C50H39BN4. The smallest absolute Gasteiger partial charge is 0.252 e. The van der Waals surface area contributed by atoms with Gasteiger partial charge in [-0.05, 0) is 112 Å². The van der Waals surface area contributed by atoms with Gasteiger partial charge in [0.1, 0.15) is 0 Å². The first-order valence-corrected chi connectivity index (χ1v) is 19.2. The van der Waals surface area contributed by atoms with Gasteiger partial charge in [-0.3, -0.25) is 0 Å². The summed E-state index contributed by atoms with van der Waals surface area (Å²) >= 11 is 0. The molecule has 0 aliphatic carbocycles. The highest BCUT2D eigenvalue weighted by Crippen LogP contribution is 2.44. The van der Waals surface area contributed by atoms with Gasteiger partial charge in [0, 0.05) is 57.3 Å². The van der Waals surface area contributed by atoms with Gasteiger partial charge in [-0.2, -0.15) is 0 Å². The fourth-order valence-electron chi connectivity index (χ4n) is 9.19. The molecule has 0 saturated heterocycles. The Kier molecular flexibility index (Phi) is 6.87. The highest BCUT2D eigenvalue weighted by molar-refractivity contribution is 7.00. The van der Waals surface area contributed by atoms with Crippen molar-refractivity contribution in [3.05, 3.63) is 188 Å². The van der Waals surface area contributed by atoms with Crippen LogP contribution in [0.15, 0.2) is 182 Å². The quantitative estimate of drug-likeness (QED) is 0.160. The Morgan fingerprint density at radius 1 is 0.436 bits per heavy atom. The van der Waals surface area contributed by atoms with Crippen LogP contribution in [0.4, 0.5) is 34.1 Å². The fraction of sp³-hybridized carbons (Fsp3) is 0.0800. The third-order valence-electron chi connectivity index (χ3n) is 11.7. The van der Waals surface area contributed by atoms with Gasteiger partial charge in [-0.15, -0.1) is 0 Å². The van der Waals surface area contributed by atoms with E-state index in [0.717, 1.165) is 22.7 Å². The van der Waals surface area contributed by atoms with E-state index in [-0.39, 0.29) is 12.1 Å². The van der Waals surface area contributed by atoms with Gasteiger partial charge >= 0.3 is 0 Å². The molecule has 0 atom stereocenters. The summed E-state index contributed by atoms with van der Waals surface area (Å²) in [6, 6.07) is 62.1. The first kappa shape index (κ1) is 31.8. The lowest BCUT2D eigenvalue weighted by molar-refractivity contribution is 0.589. The topological polar surface area (TPSA) is 16.3 Å². The van der Waals surface area contributed by atoms with E-state index in [9.17, 15) is 0 Å². The van der Waals surface area contributed by atoms with E-state index in [1.54, 1.807) is 0 Å². The molecule has 262 valence electrons. The molecule has 2 aromatic heterocycles. The van der Waals surface area contributed by atoms with Crippen molar-refractivity contribution in [2.75, 3.05) is 9.80 Å². The Morgan fingerprint density at radius 3 is 1.15 bits per heavy atom. The summed E-state index contributed by atoms with van der Waals surface area (Å²) in [5.74, 6) is 0. The molecule has 0 amide bonds. The molecule has 0 fully saturated rings. The molecule has 2 aliphatic rings. The summed E-state index contributed by atoms with van der Waals surface area (Å²) < 4.78 is 4.94. The molecule has 0 saturated carbocycles. The SMILES string of the molecule is CC(C)(C)c1cc2c3c(c1)-n1ccc4c(N(c5ccccc5)c5ccccc5)ccc(c41)B3c1ccc(N(c3ccccc3)c3ccccc3)c3ccn-2c13. The summed E-state index contributed by atoms with van der Waals surface area (Å²) in [4.78, 5) is 4.80. The zero-order valence-electron chi connectivity index (χ0n) is 31.2. The second kappa shape index (κ2) is 11.9. The van der Waals surface area contributed by atoms with Gasteiger partial charge in [-0.1, -0.05) is 106 Å². The average molecular weight is 707 g/mol. The van der Waals surface area contributed by atoms with E-state index in [0.29, 0.717) is 0 Å². The van der Waals surface area contributed by atoms with Crippen molar-refractivity contribution in [1.82, 2.24) is 9.13 Å². The number of rotatable bonds is 6. The summed E-state index contributed by atoms with van der Waals surface area (Å²) in [6.07, 6.45) is 4.59. The van der Waals surface area contributed by atoms with Gasteiger partial charge in [0.2, 0.25) is 0 Å². The van der Waals surface area contributed by atoms with E-state index in [4.69, 9.17) is 0 Å². The molecule has 11 rings (SSSR count). The molecule has 2 aliphatic heterocycles. The molecule has 55 heavy (non-hydrogen) atoms. The van der Waals surface area contributed by atoms with Crippen molar-refractivity contribution in [2.24, 2.45) is 0 Å². The molecule has 0 spiro atoms. The standard InChI is InChI=1S/C50H39BN4/c1-50(2,3)34-32-45-47-46(33-34)53-31-29-40-44(55(37-20-12-6-13-21-37)38-22-14-7-15-23-38)27-25-42(49(40)53)51(47)41-24-26-43(39-28-30-52(45)48(39)41)54(35-16-8-4-9-17-35)36-18-10-5-11-19-36/h4-33H,1-3H3. The molecule has 7 aromatic carbocycles. The first-order valence-electron chi connectivity index (χ1n) is 19.2. The number of hydrogen-bond acceptors (Lipinski definition) is 2. The zero-order chi connectivity index (χ0) is 36.8. The third-order valence-corrected chi connectivity index (χ3v) is 11.7. The summed E-state index contributed by atoms with van der Waals surface area (Å²) in [5, 5.41) is 2.48. The summed E-state index contributed by atoms with van der Waals surface area (Å²) in [6.45, 7) is 7.05. The minimum atomic E-state index is -0.0430. The monoisotopic (exact) mass is 706 g/mol. The molecule has 4 heterocycles. The number of fused-ring (bicyclic) bond motifs is 4. The molecule has 9 aromatic rings. The van der Waals surface area contributed by atoms with Crippen molar-refractivity contribution in [3.8, 4) is 11.4 Å². The molecule has 5 heteroatoms. The van der Waals surface area contributed by atoms with Crippen LogP contribution in [-0.2, 0) is 5.41 Å². The van der Waals surface area contributed by atoms with E-state index < -0.39 is 0 Å². The Hall–Kier alpha value is -6.72. The van der Waals surface area contributed by atoms with Crippen LogP contribution >= 0.6 is 0 Å². The van der Waals surface area contributed by atoms with Crippen molar-refractivity contribution in [1.29, 1.82) is 0 Å². The van der Waals surface area contributed by atoms with Gasteiger partial charge in [0.25, 0.3) is 6.71 Å². The Balaban J connectivity index is 1.19. The van der Waals surface area contributed by atoms with E-state index in [1.165, 1.54) is 66.5 Å². The summed E-state index contributed by atoms with van der Waals surface area (Å²) in [5.41, 5.74) is 17.3. The van der Waals surface area contributed by atoms with Crippen molar-refractivity contribution >= 4 is 79.0 Å². The lowest BCUT2D eigenvalue weighted by Gasteiger charge is -2.36. The van der Waals surface area contributed by atoms with Gasteiger partial charge in [0.15, 0.2) is 0 Å². The molecule has 4 nitrogen and oxygen atoms in total. The Morgan fingerprint density at radius 2 is 0.800 bits per heavy atom. The lowest BCUT2D eigenvalue weighted by Crippen LogP contribution is -2.59. The van der Waals surface area contributed by atoms with Crippen LogP contribution in [0.5, 0.6) is 0 Å². The maximum absolute atomic E-state index is 2.47. The predicted octanol–water partition coefficient (Wildman–Crippen LogP) is 11.0. The van der Waals surface area contributed by atoms with Crippen LogP contribution < -0.4 is 26.2 Å². The van der Waals surface area contributed by atoms with Gasteiger partial charge in [0.05, 0.1) is 22.4 Å². The minimum absolute atomic E-state index is 0.0430. The van der Waals surface area contributed by atoms with Crippen molar-refractivity contribution < 1.29 is 0 Å². The number of benzene rings is 7. The second-order valence-electron chi connectivity index (χ2n) is 15.9. The van der Waals surface area contributed by atoms with Crippen molar-refractivity contribution in [2.45, 2.75) is 26.2 Å². The highest BCUT2D eigenvalue weighted by Gasteiger charge is 2.41. The maximum Gasteiger partial charge on any atom is 0.252 e. The highest BCUT2D eigenvalue weighted by atomic mass is 15.2. The van der Waals surface area contributed by atoms with Gasteiger partial charge in [-0.25, -0.2) is 0 Å². The first-order chi connectivity index (χ1) is 27.0. The van der Waals surface area contributed by atoms with Crippen LogP contribution in [-0.4, -0.2) is 15.8 Å². The number of para-hydroxylation sites is 4. The minimum Gasteiger partial charge on any atom is -0.317 e. The van der Waals surface area contributed by atoms with Crippen LogP contribution in [0.1, 0.15) is 26.3 Å². The van der Waals surface area contributed by atoms with Crippen molar-refractivity contribution in [3.63, 3.8) is 0 Å². The molecule has 0 bridgehead atoms. The maximum atomic E-state index is 2.47. The van der Waals surface area contributed by atoms with E-state index in [1.807, 2.05) is 0 Å². The van der Waals surface area contributed by atoms with E-state index >= 15 is 0 Å². The number of hydrogen-bond donors (Lipinski definition) is 0. The fourth-order valence-corrected chi connectivity index (χ4v) is 9.19. The number of anilines is 6. The largest absolute Gasteiger partial charge is 0.317 e. The van der Waals surface area contributed by atoms with Crippen LogP contribution in [0.3, 0.4) is 0 Å². The van der Waals surface area contributed by atoms with Crippen LogP contribution in [0.25, 0.3) is 33.2 Å². The Bertz CT molecular complexity index is 2640. The lowest BCUT2D eigenvalue weighted by atomic mass is 9.34. The summed E-state index contributed by atoms with van der Waals surface area (Å²) in [7, 11) is 0. The van der Waals surface area contributed by atoms with Crippen LogP contribution in [0, 0.1) is 0 Å². The molecule has 0 N–H and O–H groups in total. The molecule has 0 unspecified atom stereocenters. The predicted molar refractivity (Wildman–Crippen MR) is 233 cm³/mol. The van der Waals surface area contributed by atoms with Crippen LogP contribution in [0.2, 0.25) is 0 Å². The number of aromatic nitrogens is 2. The average Bonchev–Trinajstić information content (AvgIpc) is 3.88. The second-order valence-corrected chi connectivity index (χ2v) is 15.9. The molecular weight excluding hydrogens is 667 g/mol.